The van der Waals surface area contributed by atoms with Gasteiger partial charge in [-0.05, 0) is 56.9 Å². The number of ether oxygens (including phenoxy) is 5. The highest BCUT2D eigenvalue weighted by Crippen LogP contribution is 2.31. The van der Waals surface area contributed by atoms with Gasteiger partial charge in [-0.1, -0.05) is 121 Å². The molecule has 6 heteroatoms. The van der Waals surface area contributed by atoms with Crippen LogP contribution in [-0.4, -0.2) is 37.0 Å². The summed E-state index contributed by atoms with van der Waals surface area (Å²) in [6.07, 6.45) is -3.32. The van der Waals surface area contributed by atoms with Crippen LogP contribution in [0, 0.1) is 0 Å². The van der Waals surface area contributed by atoms with E-state index in [-0.39, 0.29) is 19.8 Å². The monoisotopic (exact) mass is 610 g/mol. The number of hydrogen-bond donors (Lipinski definition) is 0. The molecule has 0 aliphatic carbocycles. The Hall–Kier alpha value is -5.17. The first-order chi connectivity index (χ1) is 22.7. The number of benzene rings is 6. The Morgan fingerprint density at radius 2 is 1.04 bits per heavy atom. The minimum atomic E-state index is -1.02. The molecule has 0 N–H and O–H groups in total. The first-order valence-electron chi connectivity index (χ1n) is 15.5. The molecule has 0 saturated carbocycles. The van der Waals surface area contributed by atoms with Crippen LogP contribution < -0.4 is 9.47 Å². The van der Waals surface area contributed by atoms with E-state index in [0.717, 1.165) is 32.7 Å². The summed E-state index contributed by atoms with van der Waals surface area (Å²) in [6, 6.07) is 47.6. The number of cyclic esters (lactones) is 1. The van der Waals surface area contributed by atoms with E-state index in [0.29, 0.717) is 11.5 Å². The molecule has 0 aromatic heterocycles. The molecule has 4 atom stereocenters. The van der Waals surface area contributed by atoms with Gasteiger partial charge in [0.15, 0.2) is 18.3 Å². The second kappa shape index (κ2) is 13.9. The molecule has 0 amide bonds. The number of esters is 1. The van der Waals surface area contributed by atoms with Gasteiger partial charge in [0.25, 0.3) is 0 Å². The van der Waals surface area contributed by atoms with E-state index in [1.54, 1.807) is 0 Å². The molecule has 0 spiro atoms. The van der Waals surface area contributed by atoms with Crippen LogP contribution in [0.4, 0.5) is 0 Å². The molecule has 230 valence electrons. The van der Waals surface area contributed by atoms with E-state index in [9.17, 15) is 4.79 Å². The summed E-state index contributed by atoms with van der Waals surface area (Å²) in [6.45, 7) is 0.547. The molecule has 1 saturated heterocycles. The molecule has 6 aromatic carbocycles. The van der Waals surface area contributed by atoms with Crippen LogP contribution in [-0.2, 0) is 32.2 Å². The van der Waals surface area contributed by atoms with Crippen LogP contribution >= 0.6 is 0 Å². The van der Waals surface area contributed by atoms with Gasteiger partial charge in [-0.2, -0.15) is 0 Å². The molecule has 1 aliphatic heterocycles. The van der Waals surface area contributed by atoms with Crippen molar-refractivity contribution in [1.29, 1.82) is 0 Å². The predicted octanol–water partition coefficient (Wildman–Crippen LogP) is 7.92. The Kier molecular flexibility index (Phi) is 8.90. The summed E-state index contributed by atoms with van der Waals surface area (Å²) in [5, 5.41) is 4.31. The molecule has 0 bridgehead atoms. The Bertz CT molecular complexity index is 1910. The highest BCUT2D eigenvalue weighted by molar-refractivity contribution is 5.84. The Balaban J connectivity index is 1.20. The first kappa shape index (κ1) is 29.5. The fourth-order valence-electron chi connectivity index (χ4n) is 5.78. The van der Waals surface area contributed by atoms with E-state index in [1.807, 2.05) is 133 Å². The molecule has 0 radical (unpaired) electrons. The second-order valence-corrected chi connectivity index (χ2v) is 11.4. The zero-order chi connectivity index (χ0) is 31.1. The third kappa shape index (κ3) is 6.89. The first-order valence-corrected chi connectivity index (χ1v) is 15.5. The van der Waals surface area contributed by atoms with Gasteiger partial charge in [-0.25, -0.2) is 4.79 Å². The summed E-state index contributed by atoms with van der Waals surface area (Å²) in [5.74, 6) is 0.787. The lowest BCUT2D eigenvalue weighted by Gasteiger charge is -2.41. The topological polar surface area (TPSA) is 63.2 Å². The van der Waals surface area contributed by atoms with Gasteiger partial charge >= 0.3 is 5.97 Å². The van der Waals surface area contributed by atoms with Crippen molar-refractivity contribution in [2.24, 2.45) is 0 Å². The van der Waals surface area contributed by atoms with E-state index in [2.05, 4.69) is 12.1 Å². The zero-order valence-electron chi connectivity index (χ0n) is 25.2. The Labute approximate surface area is 268 Å². The lowest BCUT2D eigenvalue weighted by molar-refractivity contribution is -0.220. The average Bonchev–Trinajstić information content (AvgIpc) is 3.11. The van der Waals surface area contributed by atoms with E-state index in [1.165, 1.54) is 0 Å². The van der Waals surface area contributed by atoms with Gasteiger partial charge < -0.3 is 23.7 Å². The summed E-state index contributed by atoms with van der Waals surface area (Å²) in [4.78, 5) is 13.7. The van der Waals surface area contributed by atoms with Crippen molar-refractivity contribution in [1.82, 2.24) is 0 Å². The van der Waals surface area contributed by atoms with Crippen molar-refractivity contribution < 1.29 is 28.5 Å². The maximum Gasteiger partial charge on any atom is 0.338 e. The van der Waals surface area contributed by atoms with Gasteiger partial charge in [0.2, 0.25) is 0 Å². The van der Waals surface area contributed by atoms with Crippen LogP contribution in [0.15, 0.2) is 146 Å². The fraction of sp³-hybridized carbons (Fsp3) is 0.175. The SMILES string of the molecule is O=C1O[C@H](COc2ccc3ccccc3c2)[C@@H](Oc2ccc3ccccc3c2)[C@H](OCc2ccccc2)[C@H]1OCc1ccccc1. The molecule has 0 unspecified atom stereocenters. The van der Waals surface area contributed by atoms with E-state index < -0.39 is 30.4 Å². The molecule has 1 fully saturated rings. The highest BCUT2D eigenvalue weighted by atomic mass is 16.6. The average molecular weight is 611 g/mol. The van der Waals surface area contributed by atoms with Crippen molar-refractivity contribution in [3.05, 3.63) is 157 Å². The summed E-state index contributed by atoms with van der Waals surface area (Å²) in [7, 11) is 0. The largest absolute Gasteiger partial charge is 0.490 e. The van der Waals surface area contributed by atoms with E-state index >= 15 is 0 Å². The van der Waals surface area contributed by atoms with Crippen molar-refractivity contribution in [2.45, 2.75) is 37.6 Å². The molecule has 1 heterocycles. The van der Waals surface area contributed by atoms with Crippen LogP contribution in [0.3, 0.4) is 0 Å². The summed E-state index contributed by atoms with van der Waals surface area (Å²) < 4.78 is 31.8. The zero-order valence-corrected chi connectivity index (χ0v) is 25.2. The van der Waals surface area contributed by atoms with Crippen molar-refractivity contribution in [3.63, 3.8) is 0 Å². The maximum absolute atomic E-state index is 13.7. The number of carbonyl (C=O) groups excluding carboxylic acids is 1. The normalized spacial score (nSPS) is 19.5. The lowest BCUT2D eigenvalue weighted by atomic mass is 9.98. The van der Waals surface area contributed by atoms with Crippen molar-refractivity contribution in [3.8, 4) is 11.5 Å². The van der Waals surface area contributed by atoms with Gasteiger partial charge in [0.1, 0.15) is 24.2 Å². The van der Waals surface area contributed by atoms with Gasteiger partial charge in [0.05, 0.1) is 13.2 Å². The van der Waals surface area contributed by atoms with Crippen LogP contribution in [0.2, 0.25) is 0 Å². The van der Waals surface area contributed by atoms with Gasteiger partial charge in [-0.3, -0.25) is 0 Å². The molecular formula is C40H34O6. The van der Waals surface area contributed by atoms with Crippen molar-refractivity contribution >= 4 is 27.5 Å². The van der Waals surface area contributed by atoms with E-state index in [4.69, 9.17) is 23.7 Å². The summed E-state index contributed by atoms with van der Waals surface area (Å²) >= 11 is 0. The highest BCUT2D eigenvalue weighted by Gasteiger charge is 2.50. The van der Waals surface area contributed by atoms with Gasteiger partial charge in [0, 0.05) is 0 Å². The Morgan fingerprint density at radius 1 is 0.522 bits per heavy atom. The third-order valence-corrected chi connectivity index (χ3v) is 8.17. The molecule has 6 aromatic rings. The van der Waals surface area contributed by atoms with Crippen LogP contribution in [0.1, 0.15) is 11.1 Å². The minimum absolute atomic E-state index is 0.0684. The maximum atomic E-state index is 13.7. The third-order valence-electron chi connectivity index (χ3n) is 8.17. The molecule has 46 heavy (non-hydrogen) atoms. The lowest BCUT2D eigenvalue weighted by Crippen LogP contribution is -2.61. The second-order valence-electron chi connectivity index (χ2n) is 11.4. The number of carbonyl (C=O) groups is 1. The quantitative estimate of drug-likeness (QED) is 0.139. The number of fused-ring (bicyclic) bond motifs is 2. The molecular weight excluding hydrogens is 576 g/mol. The minimum Gasteiger partial charge on any atom is -0.490 e. The number of hydrogen-bond acceptors (Lipinski definition) is 6. The van der Waals surface area contributed by atoms with Gasteiger partial charge in [-0.15, -0.1) is 0 Å². The Morgan fingerprint density at radius 3 is 1.67 bits per heavy atom. The van der Waals surface area contributed by atoms with Crippen molar-refractivity contribution in [2.75, 3.05) is 6.61 Å². The summed E-state index contributed by atoms with van der Waals surface area (Å²) in [5.41, 5.74) is 1.91. The van der Waals surface area contributed by atoms with Crippen LogP contribution in [0.5, 0.6) is 11.5 Å². The fourth-order valence-corrected chi connectivity index (χ4v) is 5.78. The molecule has 1 aliphatic rings. The van der Waals surface area contributed by atoms with Crippen LogP contribution in [0.25, 0.3) is 21.5 Å². The predicted molar refractivity (Wildman–Crippen MR) is 178 cm³/mol. The number of rotatable bonds is 11. The smallest absolute Gasteiger partial charge is 0.338 e. The molecule has 7 rings (SSSR count). The standard InChI is InChI=1S/C40H34O6/c41-40-39(44-26-29-13-5-2-6-14-29)38(43-25-28-11-3-1-4-12-28)37(45-35-22-20-31-16-8-10-18-33(31)24-35)36(46-40)27-42-34-21-19-30-15-7-9-17-32(30)23-34/h1-24,36-39H,25-27H2/t36-,37-,38+,39-/m1/s1. The molecule has 6 nitrogen and oxygen atoms in total.